The van der Waals surface area contributed by atoms with E-state index in [-0.39, 0.29) is 0 Å². The minimum absolute atomic E-state index is 0.695. The van der Waals surface area contributed by atoms with E-state index in [9.17, 15) is 4.39 Å². The summed E-state index contributed by atoms with van der Waals surface area (Å²) in [5.41, 5.74) is -0.793. The Balaban J connectivity index is 1.78. The Bertz CT molecular complexity index is 182. The number of rotatable bonds is 2. The van der Waals surface area contributed by atoms with E-state index >= 15 is 0 Å². The van der Waals surface area contributed by atoms with Crippen LogP contribution < -0.4 is 0 Å². The van der Waals surface area contributed by atoms with Gasteiger partial charge in [-0.3, -0.25) is 4.90 Å². The fourth-order valence-electron chi connectivity index (χ4n) is 1.80. The van der Waals surface area contributed by atoms with Crippen molar-refractivity contribution in [2.24, 2.45) is 0 Å². The number of halogens is 1. The van der Waals surface area contributed by atoms with Crippen LogP contribution in [0.25, 0.3) is 0 Å². The second kappa shape index (κ2) is 3.77. The Kier molecular flexibility index (Phi) is 2.84. The van der Waals surface area contributed by atoms with Crippen molar-refractivity contribution in [3.63, 3.8) is 0 Å². The van der Waals surface area contributed by atoms with Gasteiger partial charge >= 0.3 is 0 Å². The van der Waals surface area contributed by atoms with E-state index in [0.717, 1.165) is 31.2 Å². The van der Waals surface area contributed by atoms with Crippen LogP contribution in [0, 0.1) is 0 Å². The molecule has 0 spiro atoms. The standard InChI is InChI=1S/C10H18FNS/c1-9-2-5-12(6-7-13-9)8-10(11)3-4-10/h9H,2-8H2,1H3. The van der Waals surface area contributed by atoms with Crippen LogP contribution in [0.1, 0.15) is 26.2 Å². The van der Waals surface area contributed by atoms with E-state index < -0.39 is 5.67 Å². The van der Waals surface area contributed by atoms with E-state index in [1.165, 1.54) is 12.2 Å². The highest BCUT2D eigenvalue weighted by Crippen LogP contribution is 2.40. The summed E-state index contributed by atoms with van der Waals surface area (Å²) in [5.74, 6) is 1.18. The van der Waals surface area contributed by atoms with Gasteiger partial charge in [-0.25, -0.2) is 4.39 Å². The maximum absolute atomic E-state index is 13.5. The monoisotopic (exact) mass is 203 g/mol. The molecular weight excluding hydrogens is 185 g/mol. The minimum atomic E-state index is -0.793. The molecule has 1 saturated heterocycles. The molecule has 76 valence electrons. The van der Waals surface area contributed by atoms with E-state index in [1.807, 2.05) is 11.8 Å². The van der Waals surface area contributed by atoms with Gasteiger partial charge in [-0.2, -0.15) is 11.8 Å². The molecule has 1 nitrogen and oxygen atoms in total. The predicted molar refractivity (Wildman–Crippen MR) is 56.1 cm³/mol. The molecule has 1 unspecified atom stereocenters. The molecule has 1 aliphatic carbocycles. The highest BCUT2D eigenvalue weighted by atomic mass is 32.2. The van der Waals surface area contributed by atoms with E-state index in [2.05, 4.69) is 11.8 Å². The molecule has 1 atom stereocenters. The van der Waals surface area contributed by atoms with Crippen molar-refractivity contribution in [1.29, 1.82) is 0 Å². The molecule has 0 amide bonds. The first kappa shape index (κ1) is 9.78. The summed E-state index contributed by atoms with van der Waals surface area (Å²) in [5, 5.41) is 0.764. The van der Waals surface area contributed by atoms with Gasteiger partial charge in [0.25, 0.3) is 0 Å². The number of thioether (sulfide) groups is 1. The third-order valence-corrected chi connectivity index (χ3v) is 4.18. The molecule has 13 heavy (non-hydrogen) atoms. The normalized spacial score (nSPS) is 34.2. The van der Waals surface area contributed by atoms with Crippen molar-refractivity contribution in [1.82, 2.24) is 4.90 Å². The largest absolute Gasteiger partial charge is 0.299 e. The molecule has 0 aromatic heterocycles. The van der Waals surface area contributed by atoms with Gasteiger partial charge in [-0.1, -0.05) is 6.92 Å². The third kappa shape index (κ3) is 2.84. The lowest BCUT2D eigenvalue weighted by atomic mass is 10.2. The average molecular weight is 203 g/mol. The summed E-state index contributed by atoms with van der Waals surface area (Å²) in [7, 11) is 0. The molecule has 0 radical (unpaired) electrons. The van der Waals surface area contributed by atoms with Gasteiger partial charge in [0.05, 0.1) is 0 Å². The molecule has 2 fully saturated rings. The van der Waals surface area contributed by atoms with Crippen molar-refractivity contribution in [2.75, 3.05) is 25.4 Å². The Morgan fingerprint density at radius 1 is 1.46 bits per heavy atom. The summed E-state index contributed by atoms with van der Waals surface area (Å²) < 4.78 is 13.5. The SMILES string of the molecule is CC1CCN(CC2(F)CC2)CCS1. The highest BCUT2D eigenvalue weighted by molar-refractivity contribution is 7.99. The maximum atomic E-state index is 13.5. The van der Waals surface area contributed by atoms with Crippen LogP contribution in [0.15, 0.2) is 0 Å². The molecule has 0 aromatic rings. The van der Waals surface area contributed by atoms with Gasteiger partial charge < -0.3 is 0 Å². The average Bonchev–Trinajstić information content (AvgIpc) is 2.81. The van der Waals surface area contributed by atoms with Gasteiger partial charge in [0.2, 0.25) is 0 Å². The van der Waals surface area contributed by atoms with Crippen LogP contribution >= 0.6 is 11.8 Å². The van der Waals surface area contributed by atoms with Gasteiger partial charge in [0.15, 0.2) is 0 Å². The summed E-state index contributed by atoms with van der Waals surface area (Å²) in [6.07, 6.45) is 2.82. The summed E-state index contributed by atoms with van der Waals surface area (Å²) in [4.78, 5) is 2.31. The quantitative estimate of drug-likeness (QED) is 0.677. The van der Waals surface area contributed by atoms with Crippen LogP contribution in [0.2, 0.25) is 0 Å². The third-order valence-electron chi connectivity index (χ3n) is 2.96. The lowest BCUT2D eigenvalue weighted by molar-refractivity contribution is 0.183. The van der Waals surface area contributed by atoms with Gasteiger partial charge in [-0.15, -0.1) is 0 Å². The van der Waals surface area contributed by atoms with Gasteiger partial charge in [0, 0.05) is 24.1 Å². The zero-order chi connectivity index (χ0) is 9.31. The number of alkyl halides is 1. The van der Waals surface area contributed by atoms with Crippen LogP contribution in [-0.4, -0.2) is 41.2 Å². The smallest absolute Gasteiger partial charge is 0.123 e. The second-order valence-electron chi connectivity index (χ2n) is 4.40. The fraction of sp³-hybridized carbons (Fsp3) is 1.00. The van der Waals surface area contributed by atoms with E-state index in [0.29, 0.717) is 6.54 Å². The Morgan fingerprint density at radius 3 is 2.92 bits per heavy atom. The van der Waals surface area contributed by atoms with Crippen LogP contribution in [0.3, 0.4) is 0 Å². The van der Waals surface area contributed by atoms with Crippen molar-refractivity contribution < 1.29 is 4.39 Å². The number of nitrogens with zero attached hydrogens (tertiary/aromatic N) is 1. The van der Waals surface area contributed by atoms with E-state index in [4.69, 9.17) is 0 Å². The summed E-state index contributed by atoms with van der Waals surface area (Å²) in [6.45, 7) is 5.15. The molecular formula is C10H18FNS. The maximum Gasteiger partial charge on any atom is 0.123 e. The Hall–Kier alpha value is 0.240. The van der Waals surface area contributed by atoms with Crippen molar-refractivity contribution >= 4 is 11.8 Å². The van der Waals surface area contributed by atoms with E-state index in [1.54, 1.807) is 0 Å². The predicted octanol–water partition coefficient (Wildman–Crippen LogP) is 2.32. The molecule has 2 aliphatic rings. The summed E-state index contributed by atoms with van der Waals surface area (Å²) >= 11 is 2.02. The zero-order valence-corrected chi connectivity index (χ0v) is 9.08. The van der Waals surface area contributed by atoms with Crippen molar-refractivity contribution in [3.8, 4) is 0 Å². The molecule has 3 heteroatoms. The first-order valence-electron chi connectivity index (χ1n) is 5.21. The molecule has 0 bridgehead atoms. The Labute approximate surface area is 84.1 Å². The van der Waals surface area contributed by atoms with Crippen molar-refractivity contribution in [3.05, 3.63) is 0 Å². The molecule has 1 aliphatic heterocycles. The topological polar surface area (TPSA) is 3.24 Å². The second-order valence-corrected chi connectivity index (χ2v) is 5.94. The fourth-order valence-corrected chi connectivity index (χ4v) is 2.83. The first-order chi connectivity index (χ1) is 6.18. The molecule has 1 saturated carbocycles. The zero-order valence-electron chi connectivity index (χ0n) is 8.26. The van der Waals surface area contributed by atoms with Crippen molar-refractivity contribution in [2.45, 2.75) is 37.1 Å². The lowest BCUT2D eigenvalue weighted by Gasteiger charge is -2.21. The first-order valence-corrected chi connectivity index (χ1v) is 6.26. The lowest BCUT2D eigenvalue weighted by Crippen LogP contribution is -2.33. The number of hydrogen-bond acceptors (Lipinski definition) is 2. The van der Waals surface area contributed by atoms with Crippen LogP contribution in [-0.2, 0) is 0 Å². The van der Waals surface area contributed by atoms with Crippen LogP contribution in [0.4, 0.5) is 4.39 Å². The highest BCUT2D eigenvalue weighted by Gasteiger charge is 2.44. The summed E-state index contributed by atoms with van der Waals surface area (Å²) in [6, 6.07) is 0. The Morgan fingerprint density at radius 2 is 2.23 bits per heavy atom. The van der Waals surface area contributed by atoms with Gasteiger partial charge in [-0.05, 0) is 25.8 Å². The number of hydrogen-bond donors (Lipinski definition) is 0. The molecule has 0 aromatic carbocycles. The molecule has 0 N–H and O–H groups in total. The van der Waals surface area contributed by atoms with Gasteiger partial charge in [0.1, 0.15) is 5.67 Å². The minimum Gasteiger partial charge on any atom is -0.299 e. The van der Waals surface area contributed by atoms with Crippen LogP contribution in [0.5, 0.6) is 0 Å². The molecule has 2 rings (SSSR count). The molecule has 1 heterocycles.